The van der Waals surface area contributed by atoms with Gasteiger partial charge in [-0.2, -0.15) is 0 Å². The average Bonchev–Trinajstić information content (AvgIpc) is 3.17. The lowest BCUT2D eigenvalue weighted by atomic mass is 9.72. The van der Waals surface area contributed by atoms with Gasteiger partial charge >= 0.3 is 0 Å². The van der Waals surface area contributed by atoms with E-state index in [1.54, 1.807) is 0 Å². The molecule has 1 spiro atoms. The Hall–Kier alpha value is -1.69. The van der Waals surface area contributed by atoms with E-state index in [1.165, 1.54) is 16.8 Å². The predicted molar refractivity (Wildman–Crippen MR) is 108 cm³/mol. The maximum Gasteiger partial charge on any atom is 0.103 e. The van der Waals surface area contributed by atoms with Crippen LogP contribution in [0, 0.1) is 6.92 Å². The molecule has 2 aliphatic rings. The maximum absolute atomic E-state index is 11.5. The first kappa shape index (κ1) is 18.7. The minimum absolute atomic E-state index is 0.107. The fourth-order valence-corrected chi connectivity index (χ4v) is 5.28. The van der Waals surface area contributed by atoms with E-state index in [0.717, 1.165) is 51.3 Å². The van der Waals surface area contributed by atoms with Gasteiger partial charge in [0.15, 0.2) is 0 Å². The molecule has 2 atom stereocenters. The molecule has 0 amide bonds. The van der Waals surface area contributed by atoms with Crippen LogP contribution in [0.5, 0.6) is 0 Å². The second-order valence-electron chi connectivity index (χ2n) is 8.38. The van der Waals surface area contributed by atoms with Crippen LogP contribution in [0.3, 0.4) is 0 Å². The third-order valence-electron chi connectivity index (χ3n) is 6.63. The Bertz CT molecular complexity index is 778. The van der Waals surface area contributed by atoms with E-state index in [-0.39, 0.29) is 17.6 Å². The highest BCUT2D eigenvalue weighted by atomic mass is 16.3. The van der Waals surface area contributed by atoms with Crippen LogP contribution < -0.4 is 0 Å². The summed E-state index contributed by atoms with van der Waals surface area (Å²) >= 11 is 0. The van der Waals surface area contributed by atoms with Crippen LogP contribution in [0.25, 0.3) is 0 Å². The van der Waals surface area contributed by atoms with Gasteiger partial charge in [0.2, 0.25) is 0 Å². The molecule has 1 saturated heterocycles. The number of benzene rings is 1. The van der Waals surface area contributed by atoms with Crippen LogP contribution in [0.1, 0.15) is 54.9 Å². The molecule has 0 radical (unpaired) electrons. The summed E-state index contributed by atoms with van der Waals surface area (Å²) in [6, 6.07) is 8.85. The Balaban J connectivity index is 1.54. The number of aryl methyl sites for hydroxylation is 1. The second-order valence-corrected chi connectivity index (χ2v) is 8.38. The number of rotatable bonds is 5. The molecule has 0 unspecified atom stereocenters. The number of likely N-dealkylation sites (N-methyl/N-ethyl adjacent to an activating group) is 1. The number of piperidine rings is 1. The molecule has 146 valence electrons. The van der Waals surface area contributed by atoms with Gasteiger partial charge in [0.25, 0.3) is 0 Å². The summed E-state index contributed by atoms with van der Waals surface area (Å²) in [5.74, 6) is 0.973. The molecule has 27 heavy (non-hydrogen) atoms. The number of aromatic nitrogens is 2. The first-order valence-corrected chi connectivity index (χ1v) is 10.3. The van der Waals surface area contributed by atoms with Gasteiger partial charge in [-0.3, -0.25) is 9.80 Å². The summed E-state index contributed by atoms with van der Waals surface area (Å²) in [6.07, 6.45) is 4.73. The minimum atomic E-state index is -0.331. The summed E-state index contributed by atoms with van der Waals surface area (Å²) in [5, 5.41) is 11.5. The normalized spacial score (nSPS) is 24.6. The number of hydrogen-bond acceptors (Lipinski definition) is 4. The molecule has 1 aliphatic carbocycles. The summed E-state index contributed by atoms with van der Waals surface area (Å²) in [6.45, 7) is 8.13. The molecule has 5 nitrogen and oxygen atoms in total. The molecule has 0 bridgehead atoms. The number of aliphatic hydroxyl groups is 1. The van der Waals surface area contributed by atoms with Gasteiger partial charge in [-0.15, -0.1) is 0 Å². The Morgan fingerprint density at radius 2 is 2.04 bits per heavy atom. The summed E-state index contributed by atoms with van der Waals surface area (Å²) in [7, 11) is 2.16. The molecule has 0 saturated carbocycles. The van der Waals surface area contributed by atoms with E-state index in [2.05, 4.69) is 58.0 Å². The molecule has 5 heteroatoms. The summed E-state index contributed by atoms with van der Waals surface area (Å²) in [5.41, 5.74) is 3.78. The molecule has 1 aromatic heterocycles. The fourth-order valence-electron chi connectivity index (χ4n) is 5.28. The third kappa shape index (κ3) is 3.22. The number of nitrogens with one attached hydrogen (secondary N) is 1. The Labute approximate surface area is 162 Å². The highest BCUT2D eigenvalue weighted by Gasteiger charge is 2.53. The van der Waals surface area contributed by atoms with Crippen molar-refractivity contribution >= 4 is 0 Å². The standard InChI is InChI=1S/C22H32N4O/c1-4-11-25(3)20-18-7-5-6-8-19(18)22(21(20)27)9-12-26(13-10-22)15-17-14-23-16(2)24-17/h5-8,14,20-21,27H,4,9-13,15H2,1-3H3,(H,23,24)/t20-,21+/m0/s1. The first-order valence-electron chi connectivity index (χ1n) is 10.3. The van der Waals surface area contributed by atoms with E-state index in [4.69, 9.17) is 0 Å². The van der Waals surface area contributed by atoms with Crippen molar-refractivity contribution in [2.75, 3.05) is 26.7 Å². The lowest BCUT2D eigenvalue weighted by Crippen LogP contribution is -2.49. The van der Waals surface area contributed by atoms with Gasteiger partial charge in [-0.25, -0.2) is 4.98 Å². The molecule has 1 aliphatic heterocycles. The lowest BCUT2D eigenvalue weighted by molar-refractivity contribution is -0.00980. The molecule has 1 aromatic carbocycles. The van der Waals surface area contributed by atoms with E-state index in [0.29, 0.717) is 0 Å². The van der Waals surface area contributed by atoms with Crippen molar-refractivity contribution in [1.82, 2.24) is 19.8 Å². The third-order valence-corrected chi connectivity index (χ3v) is 6.63. The summed E-state index contributed by atoms with van der Waals surface area (Å²) < 4.78 is 0. The van der Waals surface area contributed by atoms with Gasteiger partial charge in [0.05, 0.1) is 12.1 Å². The van der Waals surface area contributed by atoms with Crippen LogP contribution in [0.2, 0.25) is 0 Å². The number of aliphatic hydroxyl groups excluding tert-OH is 1. The van der Waals surface area contributed by atoms with Crippen LogP contribution in [-0.4, -0.2) is 57.7 Å². The van der Waals surface area contributed by atoms with Gasteiger partial charge in [-0.1, -0.05) is 31.2 Å². The number of fused-ring (bicyclic) bond motifs is 2. The van der Waals surface area contributed by atoms with Gasteiger partial charge < -0.3 is 10.1 Å². The molecule has 2 heterocycles. The zero-order chi connectivity index (χ0) is 19.0. The van der Waals surface area contributed by atoms with Crippen molar-refractivity contribution in [2.45, 2.75) is 57.2 Å². The second kappa shape index (κ2) is 7.38. The average molecular weight is 369 g/mol. The molecule has 4 rings (SSSR count). The number of nitrogens with zero attached hydrogens (tertiary/aromatic N) is 3. The molecule has 2 N–H and O–H groups in total. The Morgan fingerprint density at radius 3 is 2.70 bits per heavy atom. The minimum Gasteiger partial charge on any atom is -0.390 e. The highest BCUT2D eigenvalue weighted by Crippen LogP contribution is 2.52. The van der Waals surface area contributed by atoms with E-state index in [1.807, 2.05) is 13.1 Å². The van der Waals surface area contributed by atoms with Crippen LogP contribution in [0.4, 0.5) is 0 Å². The lowest BCUT2D eigenvalue weighted by Gasteiger charge is -2.43. The van der Waals surface area contributed by atoms with Crippen molar-refractivity contribution in [3.05, 3.63) is 53.1 Å². The zero-order valence-electron chi connectivity index (χ0n) is 16.8. The van der Waals surface area contributed by atoms with E-state index >= 15 is 0 Å². The number of imidazole rings is 1. The number of H-pyrrole nitrogens is 1. The molecular weight excluding hydrogens is 336 g/mol. The number of likely N-dealkylation sites (tertiary alicyclic amines) is 1. The van der Waals surface area contributed by atoms with Crippen molar-refractivity contribution in [3.8, 4) is 0 Å². The molecule has 2 aromatic rings. The topological polar surface area (TPSA) is 55.4 Å². The zero-order valence-corrected chi connectivity index (χ0v) is 16.8. The highest BCUT2D eigenvalue weighted by molar-refractivity contribution is 5.45. The molecule has 1 fully saturated rings. The number of aromatic amines is 1. The molecular formula is C22H32N4O. The van der Waals surface area contributed by atoms with Crippen molar-refractivity contribution in [3.63, 3.8) is 0 Å². The Kier molecular flexibility index (Phi) is 5.10. The number of hydrogen-bond donors (Lipinski definition) is 2. The van der Waals surface area contributed by atoms with Crippen molar-refractivity contribution in [2.24, 2.45) is 0 Å². The van der Waals surface area contributed by atoms with Crippen molar-refractivity contribution in [1.29, 1.82) is 0 Å². The maximum atomic E-state index is 11.5. The van der Waals surface area contributed by atoms with Gasteiger partial charge in [0.1, 0.15) is 5.82 Å². The van der Waals surface area contributed by atoms with E-state index in [9.17, 15) is 5.11 Å². The van der Waals surface area contributed by atoms with Gasteiger partial charge in [-0.05, 0) is 64.0 Å². The predicted octanol–water partition coefficient (Wildman–Crippen LogP) is 3.01. The first-order chi connectivity index (χ1) is 13.0. The monoisotopic (exact) mass is 368 g/mol. The SMILES string of the molecule is CCCN(C)[C@H]1c2ccccc2C2(CCN(Cc3cnc(C)[nH]3)CC2)[C@@H]1O. The van der Waals surface area contributed by atoms with Crippen LogP contribution in [0.15, 0.2) is 30.5 Å². The Morgan fingerprint density at radius 1 is 1.30 bits per heavy atom. The van der Waals surface area contributed by atoms with Crippen molar-refractivity contribution < 1.29 is 5.11 Å². The van der Waals surface area contributed by atoms with E-state index < -0.39 is 0 Å². The van der Waals surface area contributed by atoms with Gasteiger partial charge in [0, 0.05) is 23.9 Å². The van der Waals surface area contributed by atoms with Crippen LogP contribution in [-0.2, 0) is 12.0 Å². The van der Waals surface area contributed by atoms with Crippen LogP contribution >= 0.6 is 0 Å². The summed E-state index contributed by atoms with van der Waals surface area (Å²) in [4.78, 5) is 12.5. The largest absolute Gasteiger partial charge is 0.390 e. The quantitative estimate of drug-likeness (QED) is 0.852. The smallest absolute Gasteiger partial charge is 0.103 e. The fraction of sp³-hybridized carbons (Fsp3) is 0.591.